The average molecular weight is 444 g/mol. The van der Waals surface area contributed by atoms with Gasteiger partial charge in [0.05, 0.1) is 5.75 Å². The van der Waals surface area contributed by atoms with Crippen molar-refractivity contribution in [1.29, 1.82) is 0 Å². The average Bonchev–Trinajstić information content (AvgIpc) is 3.26. The summed E-state index contributed by atoms with van der Waals surface area (Å²) in [4.78, 5) is 14.2. The van der Waals surface area contributed by atoms with Crippen molar-refractivity contribution in [3.63, 3.8) is 0 Å². The van der Waals surface area contributed by atoms with Crippen molar-refractivity contribution in [2.45, 2.75) is 0 Å². The lowest BCUT2D eigenvalue weighted by Crippen LogP contribution is -2.50. The van der Waals surface area contributed by atoms with Crippen LogP contribution in [0.5, 0.6) is 11.5 Å². The van der Waals surface area contributed by atoms with Crippen LogP contribution in [0.25, 0.3) is 6.08 Å². The van der Waals surface area contributed by atoms with Crippen molar-refractivity contribution >= 4 is 27.7 Å². The molecule has 164 valence electrons. The zero-order valence-corrected chi connectivity index (χ0v) is 17.9. The number of ether oxygens (including phenoxy) is 2. The highest BCUT2D eigenvalue weighted by Crippen LogP contribution is 2.32. The first-order chi connectivity index (χ1) is 15.0. The fraction of sp³-hybridized carbons (Fsp3) is 0.318. The lowest BCUT2D eigenvalue weighted by atomic mass is 10.2. The lowest BCUT2D eigenvalue weighted by molar-refractivity contribution is -0.116. The second-order valence-corrected chi connectivity index (χ2v) is 9.36. The van der Waals surface area contributed by atoms with E-state index in [1.165, 1.54) is 10.4 Å². The predicted octanol–water partition coefficient (Wildman–Crippen LogP) is 1.70. The highest BCUT2D eigenvalue weighted by Gasteiger charge is 2.26. The summed E-state index contributed by atoms with van der Waals surface area (Å²) in [5.74, 6) is 0.848. The molecule has 1 fully saturated rings. The Hall–Kier alpha value is -3.04. The fourth-order valence-corrected chi connectivity index (χ4v) is 4.88. The van der Waals surface area contributed by atoms with E-state index in [0.29, 0.717) is 37.7 Å². The smallest absolute Gasteiger partial charge is 0.244 e. The van der Waals surface area contributed by atoms with Crippen LogP contribution in [-0.2, 0) is 14.8 Å². The molecule has 0 aromatic heterocycles. The van der Waals surface area contributed by atoms with Gasteiger partial charge in [0, 0.05) is 44.5 Å². The minimum absolute atomic E-state index is 0.0611. The zero-order chi connectivity index (χ0) is 21.7. The number of benzene rings is 2. The van der Waals surface area contributed by atoms with Gasteiger partial charge in [-0.2, -0.15) is 4.31 Å². The number of hydrogen-bond donors (Lipinski definition) is 1. The Morgan fingerprint density at radius 2 is 1.74 bits per heavy atom. The van der Waals surface area contributed by atoms with Gasteiger partial charge in [-0.3, -0.25) is 4.79 Å². The minimum Gasteiger partial charge on any atom is -0.454 e. The molecule has 2 aliphatic heterocycles. The number of rotatable bonds is 7. The molecule has 0 unspecified atom stereocenters. The summed E-state index contributed by atoms with van der Waals surface area (Å²) in [6.07, 6.45) is 3.03. The highest BCUT2D eigenvalue weighted by molar-refractivity contribution is 7.89. The number of carbonyl (C=O) groups is 1. The Balaban J connectivity index is 1.22. The Kier molecular flexibility index (Phi) is 6.43. The monoisotopic (exact) mass is 443 g/mol. The van der Waals surface area contributed by atoms with Gasteiger partial charge in [-0.15, -0.1) is 0 Å². The molecule has 1 N–H and O–H groups in total. The molecule has 2 aromatic rings. The van der Waals surface area contributed by atoms with Crippen LogP contribution in [0.4, 0.5) is 5.69 Å². The summed E-state index contributed by atoms with van der Waals surface area (Å²) in [5.41, 5.74) is 1.89. The highest BCUT2D eigenvalue weighted by atomic mass is 32.2. The van der Waals surface area contributed by atoms with Crippen molar-refractivity contribution in [2.24, 2.45) is 0 Å². The number of sulfonamides is 1. The third-order valence-corrected chi connectivity index (χ3v) is 7.11. The van der Waals surface area contributed by atoms with Crippen LogP contribution < -0.4 is 19.7 Å². The summed E-state index contributed by atoms with van der Waals surface area (Å²) in [7, 11) is -3.42. The summed E-state index contributed by atoms with van der Waals surface area (Å²) in [5, 5.41) is 2.64. The van der Waals surface area contributed by atoms with Crippen molar-refractivity contribution in [1.82, 2.24) is 9.62 Å². The Bertz CT molecular complexity index is 1050. The van der Waals surface area contributed by atoms with E-state index in [9.17, 15) is 13.2 Å². The minimum atomic E-state index is -3.42. The molecule has 4 rings (SSSR count). The Morgan fingerprint density at radius 1 is 1.00 bits per heavy atom. The predicted molar refractivity (Wildman–Crippen MR) is 119 cm³/mol. The van der Waals surface area contributed by atoms with Crippen LogP contribution in [0.2, 0.25) is 0 Å². The number of hydrogen-bond acceptors (Lipinski definition) is 6. The molecule has 0 atom stereocenters. The van der Waals surface area contributed by atoms with Gasteiger partial charge >= 0.3 is 0 Å². The molecule has 9 heteroatoms. The molecule has 2 aromatic carbocycles. The van der Waals surface area contributed by atoms with Gasteiger partial charge in [0.1, 0.15) is 0 Å². The zero-order valence-electron chi connectivity index (χ0n) is 17.1. The van der Waals surface area contributed by atoms with Crippen molar-refractivity contribution in [2.75, 3.05) is 50.2 Å². The van der Waals surface area contributed by atoms with Crippen LogP contribution in [0.15, 0.2) is 54.6 Å². The van der Waals surface area contributed by atoms with E-state index in [2.05, 4.69) is 10.2 Å². The third kappa shape index (κ3) is 5.36. The maximum Gasteiger partial charge on any atom is 0.244 e. The van der Waals surface area contributed by atoms with Crippen LogP contribution >= 0.6 is 0 Å². The molecule has 0 aliphatic carbocycles. The molecule has 0 saturated carbocycles. The van der Waals surface area contributed by atoms with Gasteiger partial charge in [0.15, 0.2) is 11.5 Å². The molecular weight excluding hydrogens is 418 g/mol. The molecule has 8 nitrogen and oxygen atoms in total. The molecule has 1 saturated heterocycles. The van der Waals surface area contributed by atoms with Gasteiger partial charge in [-0.25, -0.2) is 8.42 Å². The largest absolute Gasteiger partial charge is 0.454 e. The van der Waals surface area contributed by atoms with Crippen LogP contribution in [0.1, 0.15) is 5.56 Å². The van der Waals surface area contributed by atoms with E-state index in [1.807, 2.05) is 36.4 Å². The maximum absolute atomic E-state index is 12.6. The third-order valence-electron chi connectivity index (χ3n) is 5.24. The van der Waals surface area contributed by atoms with E-state index in [0.717, 1.165) is 11.3 Å². The molecule has 31 heavy (non-hydrogen) atoms. The Morgan fingerprint density at radius 3 is 2.52 bits per heavy atom. The van der Waals surface area contributed by atoms with Gasteiger partial charge in [0.2, 0.25) is 22.7 Å². The summed E-state index contributed by atoms with van der Waals surface area (Å²) >= 11 is 0. The topological polar surface area (TPSA) is 88.2 Å². The lowest BCUT2D eigenvalue weighted by Gasteiger charge is -2.35. The van der Waals surface area contributed by atoms with Crippen molar-refractivity contribution in [3.05, 3.63) is 60.2 Å². The van der Waals surface area contributed by atoms with Gasteiger partial charge < -0.3 is 19.7 Å². The van der Waals surface area contributed by atoms with E-state index in [-0.39, 0.29) is 25.0 Å². The second kappa shape index (κ2) is 9.40. The number of anilines is 1. The van der Waals surface area contributed by atoms with Crippen LogP contribution in [0.3, 0.4) is 0 Å². The number of nitrogens with zero attached hydrogens (tertiary/aromatic N) is 2. The second-order valence-electron chi connectivity index (χ2n) is 7.27. The van der Waals surface area contributed by atoms with Crippen LogP contribution in [0, 0.1) is 0 Å². The summed E-state index contributed by atoms with van der Waals surface area (Å²) in [6, 6.07) is 15.3. The van der Waals surface area contributed by atoms with Crippen LogP contribution in [-0.4, -0.2) is 63.9 Å². The van der Waals surface area contributed by atoms with E-state index in [1.54, 1.807) is 18.2 Å². The van der Waals surface area contributed by atoms with E-state index in [4.69, 9.17) is 9.47 Å². The quantitative estimate of drug-likeness (QED) is 0.656. The van der Waals surface area contributed by atoms with Gasteiger partial charge in [0.25, 0.3) is 0 Å². The number of fused-ring (bicyclic) bond motifs is 1. The molecule has 0 bridgehead atoms. The van der Waals surface area contributed by atoms with Gasteiger partial charge in [-0.1, -0.05) is 24.3 Å². The number of nitrogens with one attached hydrogen (secondary N) is 1. The number of carbonyl (C=O) groups excluding carboxylic acids is 1. The summed E-state index contributed by atoms with van der Waals surface area (Å²) in [6.45, 7) is 2.43. The standard InChI is InChI=1S/C22H25N3O5S/c26-22(9-7-18-6-8-20-21(16-18)30-17-29-20)23-10-15-31(27,28)25-13-11-24(12-14-25)19-4-2-1-3-5-19/h1-9,16H,10-15,17H2,(H,23,26)/b9-7+. The Labute approximate surface area is 182 Å². The molecule has 0 radical (unpaired) electrons. The van der Waals surface area contributed by atoms with Crippen molar-refractivity contribution < 1.29 is 22.7 Å². The first kappa shape index (κ1) is 21.2. The molecule has 2 heterocycles. The molecule has 1 amide bonds. The summed E-state index contributed by atoms with van der Waals surface area (Å²) < 4.78 is 37.3. The molecule has 2 aliphatic rings. The molecule has 0 spiro atoms. The number of piperazine rings is 1. The van der Waals surface area contributed by atoms with E-state index < -0.39 is 10.0 Å². The number of amides is 1. The van der Waals surface area contributed by atoms with Crippen molar-refractivity contribution in [3.8, 4) is 11.5 Å². The number of para-hydroxylation sites is 1. The van der Waals surface area contributed by atoms with E-state index >= 15 is 0 Å². The molecular formula is C22H25N3O5S. The first-order valence-corrected chi connectivity index (χ1v) is 11.8. The SMILES string of the molecule is O=C(/C=C/c1ccc2c(c1)OCO2)NCCS(=O)(=O)N1CCN(c2ccccc2)CC1. The normalized spacial score (nSPS) is 16.6. The van der Waals surface area contributed by atoms with Gasteiger partial charge in [-0.05, 0) is 35.9 Å². The fourth-order valence-electron chi connectivity index (χ4n) is 3.54. The first-order valence-electron chi connectivity index (χ1n) is 10.1. The maximum atomic E-state index is 12.6.